The predicted molar refractivity (Wildman–Crippen MR) is 94.8 cm³/mol. The lowest BCUT2D eigenvalue weighted by molar-refractivity contribution is 0.0116. The first-order chi connectivity index (χ1) is 12.6. The van der Waals surface area contributed by atoms with Crippen molar-refractivity contribution in [3.05, 3.63) is 66.8 Å². The van der Waals surface area contributed by atoms with E-state index < -0.39 is 5.60 Å². The second-order valence-electron chi connectivity index (χ2n) is 6.42. The molecule has 4 rings (SSSR count). The molecule has 0 atom stereocenters. The molecule has 26 heavy (non-hydrogen) atoms. The third-order valence-corrected chi connectivity index (χ3v) is 4.77. The van der Waals surface area contributed by atoms with Crippen LogP contribution in [0, 0.1) is 5.82 Å². The molecule has 1 fully saturated rings. The second-order valence-corrected chi connectivity index (χ2v) is 6.42. The SMILES string of the molecule is OC1(c2ccc(F)cc2)CCN(c2cncc(-c3cncnc3)n2)CC1. The smallest absolute Gasteiger partial charge is 0.147 e. The number of aliphatic hydroxyl groups is 1. The van der Waals surface area contributed by atoms with Gasteiger partial charge in [-0.2, -0.15) is 0 Å². The van der Waals surface area contributed by atoms with Crippen molar-refractivity contribution in [3.8, 4) is 11.3 Å². The van der Waals surface area contributed by atoms with Crippen LogP contribution in [0.2, 0.25) is 0 Å². The molecular formula is C19H18FN5O. The number of aromatic nitrogens is 4. The van der Waals surface area contributed by atoms with Gasteiger partial charge in [0.1, 0.15) is 18.0 Å². The van der Waals surface area contributed by atoms with Crippen LogP contribution in [-0.2, 0) is 5.60 Å². The zero-order chi connectivity index (χ0) is 18.0. The molecule has 1 saturated heterocycles. The van der Waals surface area contributed by atoms with Gasteiger partial charge in [0, 0.05) is 31.0 Å². The molecule has 2 aromatic heterocycles. The van der Waals surface area contributed by atoms with Crippen LogP contribution in [0.5, 0.6) is 0 Å². The summed E-state index contributed by atoms with van der Waals surface area (Å²) in [6.45, 7) is 1.27. The maximum absolute atomic E-state index is 13.1. The lowest BCUT2D eigenvalue weighted by Gasteiger charge is -2.39. The number of halogens is 1. The fourth-order valence-corrected chi connectivity index (χ4v) is 3.23. The van der Waals surface area contributed by atoms with Crippen LogP contribution in [-0.4, -0.2) is 38.1 Å². The Morgan fingerprint density at radius 2 is 1.62 bits per heavy atom. The quantitative estimate of drug-likeness (QED) is 0.782. The number of nitrogens with zero attached hydrogens (tertiary/aromatic N) is 5. The van der Waals surface area contributed by atoms with Crippen LogP contribution in [0.1, 0.15) is 18.4 Å². The van der Waals surface area contributed by atoms with Gasteiger partial charge in [-0.3, -0.25) is 4.98 Å². The van der Waals surface area contributed by atoms with Crippen LogP contribution in [0.15, 0.2) is 55.4 Å². The van der Waals surface area contributed by atoms with E-state index in [1.54, 1.807) is 36.9 Å². The first kappa shape index (κ1) is 16.5. The maximum Gasteiger partial charge on any atom is 0.147 e. The second kappa shape index (κ2) is 6.76. The summed E-state index contributed by atoms with van der Waals surface area (Å²) in [7, 11) is 0. The Bertz CT molecular complexity index is 880. The summed E-state index contributed by atoms with van der Waals surface area (Å²) < 4.78 is 13.1. The summed E-state index contributed by atoms with van der Waals surface area (Å²) in [5.74, 6) is 0.458. The molecule has 0 bridgehead atoms. The van der Waals surface area contributed by atoms with Crippen LogP contribution in [0.25, 0.3) is 11.3 Å². The van der Waals surface area contributed by atoms with Crippen LogP contribution in [0.3, 0.4) is 0 Å². The van der Waals surface area contributed by atoms with Gasteiger partial charge in [0.2, 0.25) is 0 Å². The molecule has 132 valence electrons. The summed E-state index contributed by atoms with van der Waals surface area (Å²) in [5.41, 5.74) is 1.33. The highest BCUT2D eigenvalue weighted by Crippen LogP contribution is 2.34. The number of anilines is 1. The Kier molecular flexibility index (Phi) is 4.30. The van der Waals surface area contributed by atoms with Gasteiger partial charge in [0.05, 0.1) is 23.7 Å². The van der Waals surface area contributed by atoms with E-state index in [4.69, 9.17) is 0 Å². The molecule has 1 aliphatic heterocycles. The monoisotopic (exact) mass is 351 g/mol. The summed E-state index contributed by atoms with van der Waals surface area (Å²) in [6.07, 6.45) is 9.35. The Morgan fingerprint density at radius 3 is 2.31 bits per heavy atom. The lowest BCUT2D eigenvalue weighted by atomic mass is 9.84. The number of hydrogen-bond acceptors (Lipinski definition) is 6. The van der Waals surface area contributed by atoms with E-state index in [1.165, 1.54) is 18.5 Å². The largest absolute Gasteiger partial charge is 0.385 e. The minimum atomic E-state index is -0.942. The van der Waals surface area contributed by atoms with Gasteiger partial charge in [-0.1, -0.05) is 12.1 Å². The Morgan fingerprint density at radius 1 is 0.923 bits per heavy atom. The maximum atomic E-state index is 13.1. The number of piperidine rings is 1. The number of hydrogen-bond donors (Lipinski definition) is 1. The molecule has 6 nitrogen and oxygen atoms in total. The van der Waals surface area contributed by atoms with Crippen molar-refractivity contribution in [1.29, 1.82) is 0 Å². The van der Waals surface area contributed by atoms with Gasteiger partial charge in [-0.05, 0) is 30.5 Å². The van der Waals surface area contributed by atoms with Gasteiger partial charge < -0.3 is 10.0 Å². The van der Waals surface area contributed by atoms with Crippen LogP contribution < -0.4 is 4.90 Å². The highest BCUT2D eigenvalue weighted by atomic mass is 19.1. The van der Waals surface area contributed by atoms with E-state index in [0.717, 1.165) is 16.9 Å². The van der Waals surface area contributed by atoms with E-state index in [1.807, 2.05) is 0 Å². The average Bonchev–Trinajstić information content (AvgIpc) is 2.70. The van der Waals surface area contributed by atoms with Crippen molar-refractivity contribution in [2.75, 3.05) is 18.0 Å². The van der Waals surface area contributed by atoms with E-state index in [-0.39, 0.29) is 5.82 Å². The lowest BCUT2D eigenvalue weighted by Crippen LogP contribution is -2.43. The van der Waals surface area contributed by atoms with Crippen molar-refractivity contribution in [2.45, 2.75) is 18.4 Å². The van der Waals surface area contributed by atoms with Crippen molar-refractivity contribution in [3.63, 3.8) is 0 Å². The summed E-state index contributed by atoms with van der Waals surface area (Å²) >= 11 is 0. The number of rotatable bonds is 3. The van der Waals surface area contributed by atoms with Crippen molar-refractivity contribution in [2.24, 2.45) is 0 Å². The fraction of sp³-hybridized carbons (Fsp3) is 0.263. The van der Waals surface area contributed by atoms with E-state index in [2.05, 4.69) is 24.8 Å². The summed E-state index contributed by atoms with van der Waals surface area (Å²) in [5, 5.41) is 10.9. The molecule has 1 N–H and O–H groups in total. The third-order valence-electron chi connectivity index (χ3n) is 4.77. The molecule has 3 heterocycles. The zero-order valence-electron chi connectivity index (χ0n) is 14.1. The first-order valence-corrected chi connectivity index (χ1v) is 8.45. The molecule has 0 spiro atoms. The van der Waals surface area contributed by atoms with Gasteiger partial charge >= 0.3 is 0 Å². The topological polar surface area (TPSA) is 75.0 Å². The summed E-state index contributed by atoms with van der Waals surface area (Å²) in [4.78, 5) is 19.0. The molecule has 0 radical (unpaired) electrons. The molecule has 0 aliphatic carbocycles. The number of benzene rings is 1. The van der Waals surface area contributed by atoms with Crippen LogP contribution in [0.4, 0.5) is 10.2 Å². The van der Waals surface area contributed by atoms with Gasteiger partial charge in [-0.25, -0.2) is 19.3 Å². The van der Waals surface area contributed by atoms with E-state index in [0.29, 0.717) is 31.6 Å². The van der Waals surface area contributed by atoms with E-state index in [9.17, 15) is 9.50 Å². The summed E-state index contributed by atoms with van der Waals surface area (Å²) in [6, 6.07) is 6.08. The zero-order valence-corrected chi connectivity index (χ0v) is 14.1. The third kappa shape index (κ3) is 3.25. The normalized spacial score (nSPS) is 16.5. The molecule has 0 unspecified atom stereocenters. The Balaban J connectivity index is 1.51. The van der Waals surface area contributed by atoms with E-state index >= 15 is 0 Å². The molecule has 7 heteroatoms. The Hall–Kier alpha value is -2.93. The first-order valence-electron chi connectivity index (χ1n) is 8.45. The predicted octanol–water partition coefficient (Wildman–Crippen LogP) is 2.56. The minimum Gasteiger partial charge on any atom is -0.385 e. The van der Waals surface area contributed by atoms with Gasteiger partial charge in [0.15, 0.2) is 0 Å². The molecule has 1 aliphatic rings. The Labute approximate surface area is 150 Å². The fourth-order valence-electron chi connectivity index (χ4n) is 3.23. The molecule has 1 aromatic carbocycles. The standard InChI is InChI=1S/C19H18FN5O/c20-16-3-1-15(2-4-16)19(26)5-7-25(8-6-19)18-12-21-11-17(24-18)14-9-22-13-23-10-14/h1-4,9-13,26H,5-8H2. The molecule has 0 saturated carbocycles. The minimum absolute atomic E-state index is 0.299. The highest BCUT2D eigenvalue weighted by Gasteiger charge is 2.34. The van der Waals surface area contributed by atoms with Crippen LogP contribution >= 0.6 is 0 Å². The van der Waals surface area contributed by atoms with Crippen molar-refractivity contribution in [1.82, 2.24) is 19.9 Å². The van der Waals surface area contributed by atoms with Gasteiger partial charge in [-0.15, -0.1) is 0 Å². The van der Waals surface area contributed by atoms with Gasteiger partial charge in [0.25, 0.3) is 0 Å². The average molecular weight is 351 g/mol. The molecule has 3 aromatic rings. The highest BCUT2D eigenvalue weighted by molar-refractivity contribution is 5.57. The molecule has 0 amide bonds. The molecular weight excluding hydrogens is 333 g/mol. The van der Waals surface area contributed by atoms with Crippen molar-refractivity contribution >= 4 is 5.82 Å². The van der Waals surface area contributed by atoms with Crippen molar-refractivity contribution < 1.29 is 9.50 Å².